The fraction of sp³-hybridized carbons (Fsp3) is 0.360. The van der Waals surface area contributed by atoms with Crippen molar-refractivity contribution in [3.8, 4) is 11.8 Å². The molecule has 0 aliphatic carbocycles. The Labute approximate surface area is 215 Å². The van der Waals surface area contributed by atoms with Crippen LogP contribution in [-0.2, 0) is 21.2 Å². The topological polar surface area (TPSA) is 108 Å². The van der Waals surface area contributed by atoms with Crippen LogP contribution in [0.2, 0.25) is 0 Å². The average Bonchev–Trinajstić information content (AvgIpc) is 3.42. The van der Waals surface area contributed by atoms with Crippen LogP contribution in [0.4, 0.5) is 5.82 Å². The van der Waals surface area contributed by atoms with Crippen molar-refractivity contribution < 1.29 is 13.2 Å². The molecule has 188 valence electrons. The quantitative estimate of drug-likeness (QED) is 0.319. The number of thiophene rings is 1. The zero-order valence-electron chi connectivity index (χ0n) is 19.8. The van der Waals surface area contributed by atoms with E-state index in [0.29, 0.717) is 57.7 Å². The van der Waals surface area contributed by atoms with E-state index in [4.69, 9.17) is 0 Å². The zero-order chi connectivity index (χ0) is 25.2. The van der Waals surface area contributed by atoms with E-state index in [1.165, 1.54) is 4.31 Å². The van der Waals surface area contributed by atoms with Gasteiger partial charge < -0.3 is 10.2 Å². The molecule has 4 rings (SSSR count). The van der Waals surface area contributed by atoms with Gasteiger partial charge in [0.15, 0.2) is 0 Å². The first-order valence-corrected chi connectivity index (χ1v) is 14.2. The zero-order valence-corrected chi connectivity index (χ0v) is 21.4. The first-order valence-electron chi connectivity index (χ1n) is 11.7. The van der Waals surface area contributed by atoms with Gasteiger partial charge in [-0.15, -0.1) is 11.3 Å². The number of hydrogen-bond acceptors (Lipinski definition) is 8. The molecular weight excluding hydrogens is 496 g/mol. The first-order chi connectivity index (χ1) is 17.5. The summed E-state index contributed by atoms with van der Waals surface area (Å²) in [6.07, 6.45) is 7.50. The van der Waals surface area contributed by atoms with Crippen LogP contribution < -0.4 is 10.2 Å². The lowest BCUT2D eigenvalue weighted by Gasteiger charge is -2.35. The number of aromatic nitrogens is 3. The molecule has 36 heavy (non-hydrogen) atoms. The van der Waals surface area contributed by atoms with Crippen LogP contribution in [0.5, 0.6) is 0 Å². The Morgan fingerprint density at radius 3 is 2.53 bits per heavy atom. The fourth-order valence-electron chi connectivity index (χ4n) is 3.96. The molecule has 1 atom stereocenters. The predicted octanol–water partition coefficient (Wildman–Crippen LogP) is 1.92. The maximum absolute atomic E-state index is 13.1. The average molecular weight is 525 g/mol. The third-order valence-corrected chi connectivity index (χ3v) is 8.60. The van der Waals surface area contributed by atoms with E-state index in [9.17, 15) is 13.2 Å². The summed E-state index contributed by atoms with van der Waals surface area (Å²) < 4.78 is 27.6. The van der Waals surface area contributed by atoms with Crippen LogP contribution in [0.3, 0.4) is 0 Å². The Morgan fingerprint density at radius 1 is 1.06 bits per heavy atom. The number of nitrogens with one attached hydrogen (secondary N) is 1. The number of anilines is 1. The van der Waals surface area contributed by atoms with Gasteiger partial charge in [0, 0.05) is 62.8 Å². The second kappa shape index (κ2) is 12.6. The molecule has 1 amide bonds. The van der Waals surface area contributed by atoms with Gasteiger partial charge >= 0.3 is 0 Å². The molecule has 11 heteroatoms. The van der Waals surface area contributed by atoms with Gasteiger partial charge in [-0.25, -0.2) is 23.4 Å². The van der Waals surface area contributed by atoms with Crippen molar-refractivity contribution in [2.45, 2.75) is 25.3 Å². The Hall–Kier alpha value is -3.33. The molecule has 3 aromatic heterocycles. The second-order valence-electron chi connectivity index (χ2n) is 8.34. The minimum atomic E-state index is -3.52. The van der Waals surface area contributed by atoms with E-state index in [1.807, 2.05) is 29.6 Å². The van der Waals surface area contributed by atoms with Gasteiger partial charge in [-0.2, -0.15) is 4.31 Å². The number of rotatable bonds is 10. The molecule has 0 radical (unpaired) electrons. The minimum Gasteiger partial charge on any atom is -0.355 e. The lowest BCUT2D eigenvalue weighted by atomic mass is 10.1. The maximum atomic E-state index is 13.1. The van der Waals surface area contributed by atoms with Crippen molar-refractivity contribution in [2.75, 3.05) is 36.8 Å². The molecule has 1 aliphatic heterocycles. The summed E-state index contributed by atoms with van der Waals surface area (Å²) >= 11 is 1.60. The van der Waals surface area contributed by atoms with Crippen LogP contribution in [0, 0.1) is 11.8 Å². The smallest absolute Gasteiger partial charge is 0.216 e. The van der Waals surface area contributed by atoms with E-state index >= 15 is 0 Å². The number of aryl methyl sites for hydroxylation is 1. The van der Waals surface area contributed by atoms with E-state index in [-0.39, 0.29) is 5.75 Å². The summed E-state index contributed by atoms with van der Waals surface area (Å²) in [6, 6.07) is 9.09. The highest BCUT2D eigenvalue weighted by atomic mass is 32.2. The molecule has 1 fully saturated rings. The summed E-state index contributed by atoms with van der Waals surface area (Å²) in [6.45, 7) is 1.83. The molecule has 4 heterocycles. The van der Waals surface area contributed by atoms with Crippen molar-refractivity contribution in [2.24, 2.45) is 0 Å². The SMILES string of the molecule is O=CNC(CCCc1ncccn1)CS(=O)(=O)N1CCN(c2ccc(C#Cc3cccs3)cn2)CC1. The van der Waals surface area contributed by atoms with E-state index in [2.05, 4.69) is 37.0 Å². The lowest BCUT2D eigenvalue weighted by molar-refractivity contribution is -0.110. The molecule has 1 unspecified atom stereocenters. The number of sulfonamides is 1. The number of piperazine rings is 1. The number of pyridine rings is 1. The van der Waals surface area contributed by atoms with E-state index in [1.54, 1.807) is 36.0 Å². The van der Waals surface area contributed by atoms with Gasteiger partial charge in [0.05, 0.1) is 10.6 Å². The van der Waals surface area contributed by atoms with Gasteiger partial charge in [0.25, 0.3) is 0 Å². The highest BCUT2D eigenvalue weighted by Gasteiger charge is 2.29. The lowest BCUT2D eigenvalue weighted by Crippen LogP contribution is -2.51. The number of nitrogens with zero attached hydrogens (tertiary/aromatic N) is 5. The van der Waals surface area contributed by atoms with Gasteiger partial charge in [0.1, 0.15) is 11.6 Å². The van der Waals surface area contributed by atoms with Crippen molar-refractivity contribution in [3.05, 3.63) is 70.6 Å². The minimum absolute atomic E-state index is 0.128. The van der Waals surface area contributed by atoms with Gasteiger partial charge in [-0.3, -0.25) is 4.79 Å². The Kier molecular flexibility index (Phi) is 9.00. The highest BCUT2D eigenvalue weighted by Crippen LogP contribution is 2.17. The van der Waals surface area contributed by atoms with Gasteiger partial charge in [-0.05, 0) is 42.5 Å². The van der Waals surface area contributed by atoms with Crippen molar-refractivity contribution in [3.63, 3.8) is 0 Å². The Bertz CT molecular complexity index is 1260. The molecule has 1 N–H and O–H groups in total. The van der Waals surface area contributed by atoms with Crippen molar-refractivity contribution in [1.29, 1.82) is 0 Å². The van der Waals surface area contributed by atoms with E-state index < -0.39 is 16.1 Å². The predicted molar refractivity (Wildman–Crippen MR) is 140 cm³/mol. The molecule has 0 bridgehead atoms. The number of hydrogen-bond donors (Lipinski definition) is 1. The molecule has 1 aliphatic rings. The summed E-state index contributed by atoms with van der Waals surface area (Å²) in [5, 5.41) is 4.66. The van der Waals surface area contributed by atoms with Crippen LogP contribution in [0.25, 0.3) is 0 Å². The third kappa shape index (κ3) is 7.34. The van der Waals surface area contributed by atoms with Crippen LogP contribution >= 0.6 is 11.3 Å². The maximum Gasteiger partial charge on any atom is 0.216 e. The van der Waals surface area contributed by atoms with Crippen molar-refractivity contribution in [1.82, 2.24) is 24.6 Å². The van der Waals surface area contributed by atoms with E-state index in [0.717, 1.165) is 16.3 Å². The second-order valence-corrected chi connectivity index (χ2v) is 11.3. The number of amides is 1. The largest absolute Gasteiger partial charge is 0.355 e. The summed E-state index contributed by atoms with van der Waals surface area (Å²) in [5.41, 5.74) is 0.834. The number of carbonyl (C=O) groups excluding carboxylic acids is 1. The van der Waals surface area contributed by atoms with Crippen molar-refractivity contribution >= 4 is 33.6 Å². The summed E-state index contributed by atoms with van der Waals surface area (Å²) in [7, 11) is -3.52. The molecule has 0 aromatic carbocycles. The standard InChI is InChI=1S/C25H28N6O3S2/c32-20-29-22(4-1-6-24-26-11-3-12-27-24)19-36(33,34)31-15-13-30(14-16-31)25-10-8-21(18-28-25)7-9-23-5-2-17-35-23/h2-3,5,8,10-12,17-18,20,22H,1,4,6,13-16,19H2,(H,29,32). The van der Waals surface area contributed by atoms with Crippen LogP contribution in [0.15, 0.2) is 54.3 Å². The Morgan fingerprint density at radius 2 is 1.86 bits per heavy atom. The molecular formula is C25H28N6O3S2. The summed E-state index contributed by atoms with van der Waals surface area (Å²) in [4.78, 5) is 27.0. The molecule has 1 saturated heterocycles. The summed E-state index contributed by atoms with van der Waals surface area (Å²) in [5.74, 6) is 7.61. The normalized spacial score (nSPS) is 15.1. The first kappa shape index (κ1) is 25.8. The van der Waals surface area contributed by atoms with Crippen LogP contribution in [0.1, 0.15) is 29.1 Å². The third-order valence-electron chi connectivity index (χ3n) is 5.84. The van der Waals surface area contributed by atoms with Crippen LogP contribution in [-0.4, -0.2) is 72.1 Å². The fourth-order valence-corrected chi connectivity index (χ4v) is 6.23. The highest BCUT2D eigenvalue weighted by molar-refractivity contribution is 7.89. The molecule has 0 saturated carbocycles. The molecule has 3 aromatic rings. The van der Waals surface area contributed by atoms with Gasteiger partial charge in [-0.1, -0.05) is 17.9 Å². The van der Waals surface area contributed by atoms with Gasteiger partial charge in [0.2, 0.25) is 16.4 Å². The molecule has 9 nitrogen and oxygen atoms in total. The number of carbonyl (C=O) groups is 1. The molecule has 0 spiro atoms. The monoisotopic (exact) mass is 524 g/mol. The Balaban J connectivity index is 1.27.